The van der Waals surface area contributed by atoms with Crippen molar-refractivity contribution in [1.29, 1.82) is 0 Å². The van der Waals surface area contributed by atoms with Crippen molar-refractivity contribution in [3.63, 3.8) is 0 Å². The minimum atomic E-state index is 0.0768. The highest BCUT2D eigenvalue weighted by Gasteiger charge is 2.23. The van der Waals surface area contributed by atoms with Gasteiger partial charge in [-0.3, -0.25) is 9.78 Å². The quantitative estimate of drug-likeness (QED) is 0.673. The van der Waals surface area contributed by atoms with Crippen molar-refractivity contribution >= 4 is 28.3 Å². The zero-order chi connectivity index (χ0) is 20.6. The number of nitrogens with one attached hydrogen (secondary N) is 1. The van der Waals surface area contributed by atoms with Crippen molar-refractivity contribution in [3.8, 4) is 0 Å². The van der Waals surface area contributed by atoms with Crippen molar-refractivity contribution in [1.82, 2.24) is 9.97 Å². The topological polar surface area (TPSA) is 67.4 Å². The van der Waals surface area contributed by atoms with Gasteiger partial charge in [-0.05, 0) is 19.1 Å². The lowest BCUT2D eigenvalue weighted by atomic mass is 10.2. The molecule has 6 nitrogen and oxygen atoms in total. The second kappa shape index (κ2) is 9.98. The van der Waals surface area contributed by atoms with Crippen LogP contribution in [0.1, 0.15) is 29.8 Å². The van der Waals surface area contributed by atoms with E-state index in [0.717, 1.165) is 48.8 Å². The molecule has 1 aromatic carbocycles. The van der Waals surface area contributed by atoms with Gasteiger partial charge in [0.2, 0.25) is 0 Å². The van der Waals surface area contributed by atoms with Crippen LogP contribution in [0.2, 0.25) is 0 Å². The lowest BCUT2D eigenvalue weighted by molar-refractivity contribution is 0.101. The number of hydrogen-bond donors (Lipinski definition) is 1. The summed E-state index contributed by atoms with van der Waals surface area (Å²) < 4.78 is 5.36. The minimum Gasteiger partial charge on any atom is -0.378 e. The minimum absolute atomic E-state index is 0.0768. The normalized spacial score (nSPS) is 14.9. The van der Waals surface area contributed by atoms with Crippen molar-refractivity contribution in [2.24, 2.45) is 0 Å². The van der Waals surface area contributed by atoms with E-state index < -0.39 is 0 Å². The number of rotatable bonds is 1. The van der Waals surface area contributed by atoms with Gasteiger partial charge in [-0.2, -0.15) is 0 Å². The van der Waals surface area contributed by atoms with Crippen molar-refractivity contribution < 1.29 is 9.53 Å². The number of ketones is 1. The summed E-state index contributed by atoms with van der Waals surface area (Å²) in [6.07, 6.45) is 1.64. The molecular weight excluding hydrogens is 364 g/mol. The van der Waals surface area contributed by atoms with E-state index >= 15 is 0 Å². The van der Waals surface area contributed by atoms with Gasteiger partial charge in [0.15, 0.2) is 5.78 Å². The van der Waals surface area contributed by atoms with Gasteiger partial charge in [-0.25, -0.2) is 4.98 Å². The third kappa shape index (κ3) is 4.90. The van der Waals surface area contributed by atoms with Gasteiger partial charge in [0.05, 0.1) is 36.5 Å². The van der Waals surface area contributed by atoms with E-state index in [1.54, 1.807) is 6.20 Å². The van der Waals surface area contributed by atoms with Crippen LogP contribution in [0, 0.1) is 6.92 Å². The first-order valence-electron chi connectivity index (χ1n) is 10.1. The molecule has 0 amide bonds. The first-order valence-corrected chi connectivity index (χ1v) is 10.1. The zero-order valence-electron chi connectivity index (χ0n) is 17.3. The highest BCUT2D eigenvalue weighted by Crippen LogP contribution is 2.30. The molecule has 4 heterocycles. The van der Waals surface area contributed by atoms with Gasteiger partial charge in [-0.15, -0.1) is 0 Å². The molecule has 2 aliphatic heterocycles. The molecule has 2 aromatic heterocycles. The molecule has 3 aromatic rings. The van der Waals surface area contributed by atoms with E-state index in [9.17, 15) is 4.79 Å². The number of carbonyl (C=O) groups excluding carboxylic acids is 1. The fraction of sp³-hybridized carbons (Fsp3) is 0.348. The Morgan fingerprint density at radius 1 is 1.03 bits per heavy atom. The lowest BCUT2D eigenvalue weighted by Gasteiger charge is -2.27. The van der Waals surface area contributed by atoms with Crippen LogP contribution in [0.5, 0.6) is 0 Å². The van der Waals surface area contributed by atoms with Crippen LogP contribution in [0.25, 0.3) is 11.0 Å². The van der Waals surface area contributed by atoms with Crippen molar-refractivity contribution in [2.75, 3.05) is 43.1 Å². The molecule has 0 saturated carbocycles. The van der Waals surface area contributed by atoms with Gasteiger partial charge in [0, 0.05) is 19.3 Å². The number of benzene rings is 1. The average Bonchev–Trinajstić information content (AvgIpc) is 3.18. The second-order valence-corrected chi connectivity index (χ2v) is 6.61. The molecule has 0 unspecified atom stereocenters. The molecule has 0 aliphatic carbocycles. The van der Waals surface area contributed by atoms with E-state index in [1.165, 1.54) is 5.56 Å². The number of ether oxygens (including phenoxy) is 1. The number of carbonyl (C=O) groups is 1. The Balaban J connectivity index is 0.000000226. The summed E-state index contributed by atoms with van der Waals surface area (Å²) >= 11 is 0. The molecule has 29 heavy (non-hydrogen) atoms. The summed E-state index contributed by atoms with van der Waals surface area (Å²) in [4.78, 5) is 23.0. The number of hydrogen-bond acceptors (Lipinski definition) is 6. The van der Waals surface area contributed by atoms with E-state index in [1.807, 2.05) is 44.2 Å². The highest BCUT2D eigenvalue weighted by atomic mass is 16.5. The van der Waals surface area contributed by atoms with E-state index in [2.05, 4.69) is 34.3 Å². The zero-order valence-corrected chi connectivity index (χ0v) is 17.3. The van der Waals surface area contributed by atoms with Crippen LogP contribution < -0.4 is 10.2 Å². The fourth-order valence-electron chi connectivity index (χ4n) is 3.21. The summed E-state index contributed by atoms with van der Waals surface area (Å²) in [7, 11) is 0. The maximum Gasteiger partial charge on any atom is 0.185 e. The Morgan fingerprint density at radius 3 is 2.41 bits per heavy atom. The van der Waals surface area contributed by atoms with Crippen LogP contribution in [0.15, 0.2) is 48.7 Å². The van der Waals surface area contributed by atoms with Crippen LogP contribution >= 0.6 is 0 Å². The predicted molar refractivity (Wildman–Crippen MR) is 118 cm³/mol. The molecule has 5 rings (SSSR count). The third-order valence-electron chi connectivity index (χ3n) is 4.70. The smallest absolute Gasteiger partial charge is 0.185 e. The summed E-state index contributed by atoms with van der Waals surface area (Å²) in [5, 5.41) is 3.13. The van der Waals surface area contributed by atoms with Crippen LogP contribution in [-0.4, -0.2) is 48.6 Å². The number of fused-ring (bicyclic) bond motifs is 3. The van der Waals surface area contributed by atoms with E-state index in [-0.39, 0.29) is 5.78 Å². The van der Waals surface area contributed by atoms with Crippen LogP contribution in [0.3, 0.4) is 0 Å². The Kier molecular flexibility index (Phi) is 7.14. The Bertz CT molecular complexity index is 954. The number of anilines is 2. The molecule has 0 bridgehead atoms. The molecule has 1 N–H and O–H groups in total. The van der Waals surface area contributed by atoms with E-state index in [0.29, 0.717) is 12.1 Å². The van der Waals surface area contributed by atoms with Crippen molar-refractivity contribution in [3.05, 3.63) is 59.8 Å². The Hall–Kier alpha value is -2.99. The first-order chi connectivity index (χ1) is 14.2. The summed E-state index contributed by atoms with van der Waals surface area (Å²) in [6, 6.07) is 14.2. The number of Topliss-reactive ketones (excluding diaryl/α,β-unsaturated/α-hetero) is 1. The third-order valence-corrected chi connectivity index (χ3v) is 4.70. The Morgan fingerprint density at radius 2 is 1.76 bits per heavy atom. The van der Waals surface area contributed by atoms with Crippen LogP contribution in [-0.2, 0) is 4.74 Å². The van der Waals surface area contributed by atoms with Gasteiger partial charge in [-0.1, -0.05) is 49.7 Å². The number of aromatic nitrogens is 2. The lowest BCUT2D eigenvalue weighted by Crippen LogP contribution is -2.36. The molecule has 0 spiro atoms. The Labute approximate surface area is 171 Å². The largest absolute Gasteiger partial charge is 0.378 e. The predicted octanol–water partition coefficient (Wildman–Crippen LogP) is 4.10. The maximum absolute atomic E-state index is 11.7. The van der Waals surface area contributed by atoms with E-state index in [4.69, 9.17) is 9.72 Å². The fourth-order valence-corrected chi connectivity index (χ4v) is 3.21. The van der Waals surface area contributed by atoms with Crippen molar-refractivity contribution in [2.45, 2.75) is 20.8 Å². The summed E-state index contributed by atoms with van der Waals surface area (Å²) in [5.41, 5.74) is 4.36. The molecule has 152 valence electrons. The monoisotopic (exact) mass is 392 g/mol. The SMILES string of the molecule is CC.Cc1ccccc1.O=C1CNc2c1cnc1ccc(N3CCOCC3)nc21. The van der Waals surface area contributed by atoms with Gasteiger partial charge < -0.3 is 15.0 Å². The molecular formula is C23H28N4O2. The molecule has 1 fully saturated rings. The summed E-state index contributed by atoms with van der Waals surface area (Å²) in [5.74, 6) is 0.991. The summed E-state index contributed by atoms with van der Waals surface area (Å²) in [6.45, 7) is 9.55. The van der Waals surface area contributed by atoms with Gasteiger partial charge in [0.1, 0.15) is 11.3 Å². The highest BCUT2D eigenvalue weighted by molar-refractivity contribution is 6.13. The first kappa shape index (κ1) is 20.7. The molecule has 0 radical (unpaired) electrons. The maximum atomic E-state index is 11.7. The second-order valence-electron chi connectivity index (χ2n) is 6.61. The average molecular weight is 393 g/mol. The van der Waals surface area contributed by atoms with Gasteiger partial charge >= 0.3 is 0 Å². The number of pyridine rings is 2. The molecule has 1 saturated heterocycles. The standard InChI is InChI=1S/C14H14N4O2.C7H8.C2H6/c19-11-8-16-13-9(11)7-15-10-1-2-12(17-14(10)13)18-3-5-20-6-4-18;1-7-5-3-2-4-6-7;1-2/h1-2,7,16H,3-6,8H2;2-6H,1H3;1-2H3. The van der Waals surface area contributed by atoms with Gasteiger partial charge in [0.25, 0.3) is 0 Å². The van der Waals surface area contributed by atoms with Crippen LogP contribution in [0.4, 0.5) is 11.5 Å². The molecule has 0 atom stereocenters. The number of aryl methyl sites for hydroxylation is 1. The molecule has 6 heteroatoms. The number of nitrogens with zero attached hydrogens (tertiary/aromatic N) is 3. The molecule has 2 aliphatic rings. The number of morpholine rings is 1.